The van der Waals surface area contributed by atoms with E-state index in [0.717, 1.165) is 20.6 Å². The monoisotopic (exact) mass is 424 g/mol. The van der Waals surface area contributed by atoms with Gasteiger partial charge in [-0.05, 0) is 83.6 Å². The summed E-state index contributed by atoms with van der Waals surface area (Å²) in [4.78, 5) is 17.1. The smallest absolute Gasteiger partial charge is 0.264 e. The van der Waals surface area contributed by atoms with Gasteiger partial charge in [-0.25, -0.2) is 4.99 Å². The summed E-state index contributed by atoms with van der Waals surface area (Å²) in [6.45, 7) is 4.06. The van der Waals surface area contributed by atoms with E-state index in [2.05, 4.69) is 39.0 Å². The first-order valence-corrected chi connectivity index (χ1v) is 8.52. The molecule has 1 saturated heterocycles. The molecule has 1 fully saturated rings. The van der Waals surface area contributed by atoms with Crippen molar-refractivity contribution in [2.24, 2.45) is 4.99 Å². The molecule has 1 N–H and O–H groups in total. The van der Waals surface area contributed by atoms with Gasteiger partial charge in [0.05, 0.1) is 10.6 Å². The molecular formula is C16H13IN2O2S. The van der Waals surface area contributed by atoms with E-state index >= 15 is 0 Å². The fourth-order valence-electron chi connectivity index (χ4n) is 2.15. The Labute approximate surface area is 146 Å². The number of aliphatic imine (C=N–C) groups is 1. The van der Waals surface area contributed by atoms with E-state index in [4.69, 9.17) is 4.42 Å². The van der Waals surface area contributed by atoms with E-state index < -0.39 is 0 Å². The van der Waals surface area contributed by atoms with Crippen LogP contribution in [0.25, 0.3) is 6.08 Å². The van der Waals surface area contributed by atoms with Gasteiger partial charge in [0.2, 0.25) is 0 Å². The molecular weight excluding hydrogens is 411 g/mol. The Bertz CT molecular complexity index is 788. The van der Waals surface area contributed by atoms with Crippen LogP contribution in [0.15, 0.2) is 44.6 Å². The van der Waals surface area contributed by atoms with Crippen molar-refractivity contribution in [1.82, 2.24) is 5.32 Å². The van der Waals surface area contributed by atoms with Gasteiger partial charge in [0.1, 0.15) is 5.76 Å². The summed E-state index contributed by atoms with van der Waals surface area (Å²) in [6.07, 6.45) is 1.73. The third-order valence-electron chi connectivity index (χ3n) is 2.96. The first kappa shape index (κ1) is 15.4. The number of halogens is 1. The lowest BCUT2D eigenvalue weighted by molar-refractivity contribution is -0.115. The summed E-state index contributed by atoms with van der Waals surface area (Å²) in [5.41, 5.74) is 3.14. The van der Waals surface area contributed by atoms with Gasteiger partial charge in [-0.3, -0.25) is 4.79 Å². The highest BCUT2D eigenvalue weighted by molar-refractivity contribution is 14.1. The molecule has 2 heterocycles. The van der Waals surface area contributed by atoms with Crippen LogP contribution in [0.3, 0.4) is 0 Å². The number of hydrogen-bond acceptors (Lipinski definition) is 4. The molecule has 1 aliphatic rings. The fourth-order valence-corrected chi connectivity index (χ4v) is 3.40. The normalized spacial score (nSPS) is 18.2. The van der Waals surface area contributed by atoms with E-state index in [1.165, 1.54) is 11.8 Å². The lowest BCUT2D eigenvalue weighted by Gasteiger charge is -2.00. The number of thioether (sulfide) groups is 1. The zero-order chi connectivity index (χ0) is 15.7. The topological polar surface area (TPSA) is 54.6 Å². The first-order chi connectivity index (χ1) is 10.5. The van der Waals surface area contributed by atoms with Crippen molar-refractivity contribution in [2.75, 3.05) is 0 Å². The maximum absolute atomic E-state index is 12.0. The Morgan fingerprint density at radius 3 is 2.59 bits per heavy atom. The molecule has 1 aliphatic heterocycles. The van der Waals surface area contributed by atoms with Gasteiger partial charge in [0.15, 0.2) is 8.93 Å². The predicted octanol–water partition coefficient (Wildman–Crippen LogP) is 4.39. The van der Waals surface area contributed by atoms with Crippen molar-refractivity contribution < 1.29 is 9.21 Å². The molecule has 6 heteroatoms. The molecule has 0 unspecified atom stereocenters. The Kier molecular flexibility index (Phi) is 4.39. The Morgan fingerprint density at radius 2 is 1.95 bits per heavy atom. The average Bonchev–Trinajstić information content (AvgIpc) is 2.95. The number of aryl methyl sites for hydroxylation is 2. The van der Waals surface area contributed by atoms with Gasteiger partial charge >= 0.3 is 0 Å². The molecule has 4 nitrogen and oxygen atoms in total. The van der Waals surface area contributed by atoms with Crippen LogP contribution in [-0.2, 0) is 4.79 Å². The van der Waals surface area contributed by atoms with Crippen molar-refractivity contribution in [2.45, 2.75) is 13.8 Å². The summed E-state index contributed by atoms with van der Waals surface area (Å²) in [7, 11) is 0. The van der Waals surface area contributed by atoms with E-state index in [0.29, 0.717) is 15.8 Å². The highest BCUT2D eigenvalue weighted by Crippen LogP contribution is 2.29. The van der Waals surface area contributed by atoms with Crippen LogP contribution in [0, 0.1) is 17.6 Å². The van der Waals surface area contributed by atoms with Crippen LogP contribution < -0.4 is 5.32 Å². The quantitative estimate of drug-likeness (QED) is 0.575. The van der Waals surface area contributed by atoms with Crippen molar-refractivity contribution in [3.8, 4) is 0 Å². The number of furan rings is 1. The minimum absolute atomic E-state index is 0.153. The second-order valence-electron chi connectivity index (χ2n) is 4.97. The fraction of sp³-hybridized carbons (Fsp3) is 0.125. The van der Waals surface area contributed by atoms with E-state index in [1.807, 2.05) is 38.1 Å². The number of amides is 1. The molecule has 0 bridgehead atoms. The molecule has 0 saturated carbocycles. The number of nitrogens with zero attached hydrogens (tertiary/aromatic N) is 1. The van der Waals surface area contributed by atoms with Crippen LogP contribution in [0.4, 0.5) is 5.69 Å². The number of carbonyl (C=O) groups is 1. The summed E-state index contributed by atoms with van der Waals surface area (Å²) < 4.78 is 6.24. The molecule has 0 atom stereocenters. The number of nitrogens with one attached hydrogen (secondary N) is 1. The lowest BCUT2D eigenvalue weighted by atomic mass is 10.1. The summed E-state index contributed by atoms with van der Waals surface area (Å²) in [5.74, 6) is 0.509. The van der Waals surface area contributed by atoms with Gasteiger partial charge in [0.25, 0.3) is 5.91 Å². The van der Waals surface area contributed by atoms with Gasteiger partial charge in [-0.2, -0.15) is 0 Å². The molecule has 112 valence electrons. The van der Waals surface area contributed by atoms with Crippen molar-refractivity contribution in [3.63, 3.8) is 0 Å². The van der Waals surface area contributed by atoms with E-state index in [1.54, 1.807) is 6.08 Å². The number of amidine groups is 1. The number of benzene rings is 1. The molecule has 1 aromatic heterocycles. The third kappa shape index (κ3) is 3.61. The zero-order valence-electron chi connectivity index (χ0n) is 12.0. The first-order valence-electron chi connectivity index (χ1n) is 6.63. The molecule has 0 radical (unpaired) electrons. The van der Waals surface area contributed by atoms with Crippen LogP contribution in [-0.4, -0.2) is 11.1 Å². The van der Waals surface area contributed by atoms with Crippen LogP contribution in [0.5, 0.6) is 0 Å². The molecule has 2 aromatic rings. The van der Waals surface area contributed by atoms with E-state index in [-0.39, 0.29) is 5.91 Å². The SMILES string of the molecule is Cc1cc(C)cc(N=C2NC(=O)/C(=C/c3ccc(I)o3)S2)c1. The highest BCUT2D eigenvalue weighted by Gasteiger charge is 2.24. The van der Waals surface area contributed by atoms with Gasteiger partial charge < -0.3 is 9.73 Å². The Hall–Kier alpha value is -1.54. The Morgan fingerprint density at radius 1 is 1.23 bits per heavy atom. The highest BCUT2D eigenvalue weighted by atomic mass is 127. The minimum Gasteiger partial charge on any atom is -0.451 e. The number of rotatable bonds is 2. The third-order valence-corrected chi connectivity index (χ3v) is 4.44. The molecule has 0 spiro atoms. The molecule has 0 aliphatic carbocycles. The van der Waals surface area contributed by atoms with Crippen molar-refractivity contribution in [1.29, 1.82) is 0 Å². The summed E-state index contributed by atoms with van der Waals surface area (Å²) >= 11 is 3.41. The number of hydrogen-bond donors (Lipinski definition) is 1. The molecule has 22 heavy (non-hydrogen) atoms. The maximum Gasteiger partial charge on any atom is 0.264 e. The van der Waals surface area contributed by atoms with E-state index in [9.17, 15) is 4.79 Å². The number of carbonyl (C=O) groups excluding carboxylic acids is 1. The van der Waals surface area contributed by atoms with Crippen molar-refractivity contribution in [3.05, 3.63) is 55.9 Å². The molecule has 1 aromatic carbocycles. The summed E-state index contributed by atoms with van der Waals surface area (Å²) in [5, 5.41) is 3.37. The van der Waals surface area contributed by atoms with Crippen LogP contribution in [0.2, 0.25) is 0 Å². The molecule has 1 amide bonds. The molecule has 3 rings (SSSR count). The van der Waals surface area contributed by atoms with Crippen LogP contribution >= 0.6 is 34.4 Å². The zero-order valence-corrected chi connectivity index (χ0v) is 15.0. The van der Waals surface area contributed by atoms with Gasteiger partial charge in [-0.15, -0.1) is 0 Å². The maximum atomic E-state index is 12.0. The second kappa shape index (κ2) is 6.29. The largest absolute Gasteiger partial charge is 0.451 e. The average molecular weight is 424 g/mol. The Balaban J connectivity index is 1.85. The van der Waals surface area contributed by atoms with Crippen molar-refractivity contribution >= 4 is 57.2 Å². The summed E-state index contributed by atoms with van der Waals surface area (Å²) in [6, 6.07) is 9.76. The van der Waals surface area contributed by atoms with Gasteiger partial charge in [-0.1, -0.05) is 6.07 Å². The van der Waals surface area contributed by atoms with Crippen LogP contribution in [0.1, 0.15) is 16.9 Å². The van der Waals surface area contributed by atoms with Gasteiger partial charge in [0, 0.05) is 6.08 Å². The lowest BCUT2D eigenvalue weighted by Crippen LogP contribution is -2.19. The second-order valence-corrected chi connectivity index (χ2v) is 7.06. The predicted molar refractivity (Wildman–Crippen MR) is 98.1 cm³/mol. The minimum atomic E-state index is -0.153. The standard InChI is InChI=1S/C16H13IN2O2S/c1-9-5-10(2)7-11(6-9)18-16-19-15(20)13(22-16)8-12-3-4-14(17)21-12/h3-8H,1-2H3,(H,18,19,20)/b13-8-.